The number of carboxylic acids is 1. The average molecular weight is 346 g/mol. The minimum Gasteiger partial charge on any atom is -0.484 e. The zero-order valence-corrected chi connectivity index (χ0v) is 14.0. The largest absolute Gasteiger partial charge is 0.484 e. The molecule has 6 nitrogen and oxygen atoms in total. The number of ether oxygens (including phenoxy) is 1. The molecular formula is C17H16ClN3O3. The molecule has 0 bridgehead atoms. The first kappa shape index (κ1) is 16.3. The van der Waals surface area contributed by atoms with Gasteiger partial charge in [0.2, 0.25) is 0 Å². The molecule has 124 valence electrons. The van der Waals surface area contributed by atoms with E-state index in [1.54, 1.807) is 29.8 Å². The van der Waals surface area contributed by atoms with Crippen LogP contribution in [0.4, 0.5) is 0 Å². The second-order valence-corrected chi connectivity index (χ2v) is 5.89. The Bertz CT molecular complexity index is 907. The van der Waals surface area contributed by atoms with Crippen molar-refractivity contribution in [1.29, 1.82) is 0 Å². The van der Waals surface area contributed by atoms with Crippen molar-refractivity contribution in [2.24, 2.45) is 0 Å². The van der Waals surface area contributed by atoms with Gasteiger partial charge in [-0.1, -0.05) is 23.7 Å². The molecule has 0 aliphatic heterocycles. The van der Waals surface area contributed by atoms with Gasteiger partial charge in [-0.3, -0.25) is 4.57 Å². The van der Waals surface area contributed by atoms with E-state index in [4.69, 9.17) is 16.3 Å². The highest BCUT2D eigenvalue weighted by Crippen LogP contribution is 2.26. The van der Waals surface area contributed by atoms with Gasteiger partial charge in [-0.2, -0.15) is 0 Å². The zero-order chi connectivity index (χ0) is 17.3. The summed E-state index contributed by atoms with van der Waals surface area (Å²) >= 11 is 6.08. The van der Waals surface area contributed by atoms with Crippen LogP contribution in [0, 0.1) is 6.92 Å². The molecule has 1 aromatic carbocycles. The van der Waals surface area contributed by atoms with Crippen LogP contribution in [0.5, 0.6) is 5.75 Å². The van der Waals surface area contributed by atoms with Gasteiger partial charge in [-0.15, -0.1) is 0 Å². The monoisotopic (exact) mass is 345 g/mol. The second-order valence-electron chi connectivity index (χ2n) is 5.49. The van der Waals surface area contributed by atoms with Crippen LogP contribution >= 0.6 is 11.6 Å². The van der Waals surface area contributed by atoms with Crippen LogP contribution < -0.4 is 4.74 Å². The third kappa shape index (κ3) is 3.05. The molecule has 1 unspecified atom stereocenters. The van der Waals surface area contributed by atoms with Gasteiger partial charge >= 0.3 is 5.97 Å². The smallest absolute Gasteiger partial charge is 0.326 e. The molecule has 2 heterocycles. The Morgan fingerprint density at radius 1 is 1.42 bits per heavy atom. The van der Waals surface area contributed by atoms with Crippen molar-refractivity contribution in [2.45, 2.75) is 26.5 Å². The highest BCUT2D eigenvalue weighted by Gasteiger charge is 2.22. The van der Waals surface area contributed by atoms with Crippen LogP contribution in [0.3, 0.4) is 0 Å². The first-order chi connectivity index (χ1) is 11.5. The number of hydrogen-bond acceptors (Lipinski definition) is 4. The molecular weight excluding hydrogens is 330 g/mol. The number of para-hydroxylation sites is 1. The minimum atomic E-state index is -0.962. The lowest BCUT2D eigenvalue weighted by Crippen LogP contribution is -2.19. The number of aliphatic carboxylic acids is 1. The lowest BCUT2D eigenvalue weighted by atomic mass is 10.3. The first-order valence-electron chi connectivity index (χ1n) is 7.41. The Labute approximate surface area is 143 Å². The molecule has 0 amide bonds. The van der Waals surface area contributed by atoms with Crippen molar-refractivity contribution < 1.29 is 14.6 Å². The van der Waals surface area contributed by atoms with E-state index < -0.39 is 12.0 Å². The molecule has 0 radical (unpaired) electrons. The van der Waals surface area contributed by atoms with E-state index in [9.17, 15) is 9.90 Å². The quantitative estimate of drug-likeness (QED) is 0.764. The van der Waals surface area contributed by atoms with Gasteiger partial charge in [0.25, 0.3) is 0 Å². The van der Waals surface area contributed by atoms with E-state index in [2.05, 4.69) is 9.97 Å². The van der Waals surface area contributed by atoms with Crippen molar-refractivity contribution in [2.75, 3.05) is 0 Å². The number of halogens is 1. The van der Waals surface area contributed by atoms with E-state index in [1.807, 2.05) is 25.1 Å². The van der Waals surface area contributed by atoms with Crippen LogP contribution in [-0.4, -0.2) is 25.6 Å². The third-order valence-electron chi connectivity index (χ3n) is 3.68. The number of carbonyl (C=O) groups is 1. The van der Waals surface area contributed by atoms with Crippen molar-refractivity contribution >= 4 is 28.7 Å². The van der Waals surface area contributed by atoms with Gasteiger partial charge in [-0.25, -0.2) is 14.8 Å². The summed E-state index contributed by atoms with van der Waals surface area (Å²) in [5, 5.41) is 9.87. The zero-order valence-electron chi connectivity index (χ0n) is 13.2. The molecule has 0 saturated carbocycles. The maximum absolute atomic E-state index is 11.5. The summed E-state index contributed by atoms with van der Waals surface area (Å²) in [6.45, 7) is 3.59. The summed E-state index contributed by atoms with van der Waals surface area (Å²) in [6, 6.07) is 8.16. The molecule has 1 N–H and O–H groups in total. The maximum Gasteiger partial charge on any atom is 0.326 e. The fourth-order valence-electron chi connectivity index (χ4n) is 2.45. The normalized spacial score (nSPS) is 12.3. The number of pyridine rings is 1. The van der Waals surface area contributed by atoms with E-state index in [1.165, 1.54) is 0 Å². The van der Waals surface area contributed by atoms with Crippen LogP contribution in [0.25, 0.3) is 11.2 Å². The Kier molecular flexibility index (Phi) is 4.40. The van der Waals surface area contributed by atoms with Crippen LogP contribution in [-0.2, 0) is 11.4 Å². The molecule has 7 heteroatoms. The number of rotatable bonds is 5. The number of aryl methyl sites for hydroxylation is 1. The number of hydrogen-bond donors (Lipinski definition) is 1. The topological polar surface area (TPSA) is 77.2 Å². The van der Waals surface area contributed by atoms with Crippen molar-refractivity contribution in [3.05, 3.63) is 52.9 Å². The number of imidazole rings is 1. The molecule has 0 spiro atoms. The fourth-order valence-corrected chi connectivity index (χ4v) is 2.64. The summed E-state index contributed by atoms with van der Waals surface area (Å²) in [6.07, 6.45) is 1.69. The predicted molar refractivity (Wildman–Crippen MR) is 90.4 cm³/mol. The van der Waals surface area contributed by atoms with E-state index in [0.717, 1.165) is 5.56 Å². The first-order valence-corrected chi connectivity index (χ1v) is 7.78. The maximum atomic E-state index is 11.5. The predicted octanol–water partition coefficient (Wildman–Crippen LogP) is 3.62. The van der Waals surface area contributed by atoms with Gasteiger partial charge in [0, 0.05) is 6.20 Å². The molecule has 24 heavy (non-hydrogen) atoms. The van der Waals surface area contributed by atoms with Crippen LogP contribution in [0.1, 0.15) is 24.4 Å². The lowest BCUT2D eigenvalue weighted by molar-refractivity contribution is -0.140. The molecule has 0 aliphatic carbocycles. The van der Waals surface area contributed by atoms with Crippen LogP contribution in [0.15, 0.2) is 36.5 Å². The minimum absolute atomic E-state index is 0.0940. The summed E-state index contributed by atoms with van der Waals surface area (Å²) in [7, 11) is 0. The molecule has 3 aromatic rings. The Hall–Kier alpha value is -2.60. The van der Waals surface area contributed by atoms with Gasteiger partial charge < -0.3 is 9.84 Å². The number of nitrogens with zero attached hydrogens (tertiary/aromatic N) is 3. The number of benzene rings is 1. The SMILES string of the molecule is Cc1cnc2c(c1)nc(COc1ccccc1Cl)n2C(C)C(=O)O. The van der Waals surface area contributed by atoms with Gasteiger partial charge in [0.05, 0.1) is 5.02 Å². The van der Waals surface area contributed by atoms with E-state index >= 15 is 0 Å². The molecule has 0 fully saturated rings. The third-order valence-corrected chi connectivity index (χ3v) is 3.99. The molecule has 3 rings (SSSR count). The fraction of sp³-hybridized carbons (Fsp3) is 0.235. The molecule has 1 atom stereocenters. The standard InChI is InChI=1S/C17H16ClN3O3/c1-10-7-13-16(19-8-10)21(11(2)17(22)23)15(20-13)9-24-14-6-4-3-5-12(14)18/h3-8,11H,9H2,1-2H3,(H,22,23). The number of fused-ring (bicyclic) bond motifs is 1. The number of aromatic nitrogens is 3. The van der Waals surface area contributed by atoms with Gasteiger partial charge in [-0.05, 0) is 37.6 Å². The van der Waals surface area contributed by atoms with Gasteiger partial charge in [0.1, 0.15) is 29.7 Å². The highest BCUT2D eigenvalue weighted by molar-refractivity contribution is 6.32. The summed E-state index contributed by atoms with van der Waals surface area (Å²) in [5.74, 6) is 0.0403. The Balaban J connectivity index is 2.01. The van der Waals surface area contributed by atoms with Crippen molar-refractivity contribution in [1.82, 2.24) is 14.5 Å². The van der Waals surface area contributed by atoms with E-state index in [-0.39, 0.29) is 6.61 Å². The highest BCUT2D eigenvalue weighted by atomic mass is 35.5. The summed E-state index contributed by atoms with van der Waals surface area (Å²) in [4.78, 5) is 20.3. The van der Waals surface area contributed by atoms with Crippen molar-refractivity contribution in [3.8, 4) is 5.75 Å². The molecule has 0 saturated heterocycles. The second kappa shape index (κ2) is 6.49. The molecule has 0 aliphatic rings. The van der Waals surface area contributed by atoms with Gasteiger partial charge in [0.15, 0.2) is 5.65 Å². The van der Waals surface area contributed by atoms with Crippen molar-refractivity contribution in [3.63, 3.8) is 0 Å². The number of carboxylic acid groups (broad SMARTS) is 1. The molecule has 2 aromatic heterocycles. The lowest BCUT2D eigenvalue weighted by Gasteiger charge is -2.14. The van der Waals surface area contributed by atoms with E-state index in [0.29, 0.717) is 27.8 Å². The average Bonchev–Trinajstić information content (AvgIpc) is 2.90. The summed E-state index contributed by atoms with van der Waals surface area (Å²) < 4.78 is 7.29. The Morgan fingerprint density at radius 2 is 2.17 bits per heavy atom. The Morgan fingerprint density at radius 3 is 2.88 bits per heavy atom. The summed E-state index contributed by atoms with van der Waals surface area (Å²) in [5.41, 5.74) is 2.11. The van der Waals surface area contributed by atoms with Crippen LogP contribution in [0.2, 0.25) is 5.02 Å².